The normalized spacial score (nSPS) is 25.9. The van der Waals surface area contributed by atoms with E-state index in [9.17, 15) is 28.4 Å². The Kier molecular flexibility index (Phi) is 14.6. The van der Waals surface area contributed by atoms with Gasteiger partial charge in [-0.05, 0) is 168 Å². The van der Waals surface area contributed by atoms with Gasteiger partial charge in [0, 0.05) is 74.6 Å². The minimum Gasteiger partial charge on any atom is -0.487 e. The molecule has 4 aliphatic heterocycles. The van der Waals surface area contributed by atoms with Crippen molar-refractivity contribution >= 4 is 55.4 Å². The number of hydrogen-bond donors (Lipinski definition) is 4. The number of carbonyl (C=O) groups is 1. The molecule has 12 rings (SSSR count). The summed E-state index contributed by atoms with van der Waals surface area (Å²) in [7, 11) is -4.64. The Labute approximate surface area is 475 Å². The fourth-order valence-electron chi connectivity index (χ4n) is 14.1. The third-order valence-corrected chi connectivity index (χ3v) is 20.2. The first-order valence-corrected chi connectivity index (χ1v) is 30.6. The van der Waals surface area contributed by atoms with E-state index in [4.69, 9.17) is 19.2 Å². The Morgan fingerprint density at radius 3 is 2.43 bits per heavy atom. The van der Waals surface area contributed by atoms with E-state index in [0.717, 1.165) is 93.9 Å². The van der Waals surface area contributed by atoms with Crippen LogP contribution in [0.25, 0.3) is 11.0 Å². The van der Waals surface area contributed by atoms with Crippen LogP contribution in [0.3, 0.4) is 0 Å². The van der Waals surface area contributed by atoms with Crippen molar-refractivity contribution in [2.45, 2.75) is 151 Å². The number of nitrogens with zero attached hydrogens (tertiary/aromatic N) is 5. The van der Waals surface area contributed by atoms with Gasteiger partial charge >= 0.3 is 0 Å². The highest BCUT2D eigenvalue weighted by Crippen LogP contribution is 2.55. The van der Waals surface area contributed by atoms with Gasteiger partial charge in [0.2, 0.25) is 5.88 Å². The van der Waals surface area contributed by atoms with Crippen LogP contribution in [0.15, 0.2) is 108 Å². The summed E-state index contributed by atoms with van der Waals surface area (Å²) in [6.45, 7) is 14.6. The smallest absolute Gasteiger partial charge is 0.293 e. The number of aryl methyl sites for hydroxylation is 1. The Morgan fingerprint density at radius 2 is 1.68 bits per heavy atom. The summed E-state index contributed by atoms with van der Waals surface area (Å²) in [6, 6.07) is 31.0. The Hall–Kier alpha value is -6.73. The average molecular weight is 1120 g/mol. The van der Waals surface area contributed by atoms with Crippen molar-refractivity contribution in [1.29, 1.82) is 0 Å². The van der Waals surface area contributed by atoms with Gasteiger partial charge in [0.1, 0.15) is 34.5 Å². The zero-order chi connectivity index (χ0) is 56.4. The maximum atomic E-state index is 14.8. The Bertz CT molecular complexity index is 3430. The first-order valence-electron chi connectivity index (χ1n) is 29.2. The molecule has 2 saturated carbocycles. The fourth-order valence-corrected chi connectivity index (χ4v) is 15.0. The van der Waals surface area contributed by atoms with Gasteiger partial charge in [-0.25, -0.2) is 13.1 Å². The quantitative estimate of drug-likeness (QED) is 0.0592. The molecule has 0 bridgehead atoms. The second-order valence-electron chi connectivity index (χ2n) is 25.0. The number of ether oxygens (including phenoxy) is 3. The molecule has 4 aromatic carbocycles. The van der Waals surface area contributed by atoms with E-state index < -0.39 is 43.1 Å². The highest BCUT2D eigenvalue weighted by Gasteiger charge is 2.52. The molecule has 17 nitrogen and oxygen atoms in total. The molecular formula is C63H76N8O9S. The largest absolute Gasteiger partial charge is 0.487 e. The van der Waals surface area contributed by atoms with Crippen LogP contribution < -0.4 is 29.3 Å². The lowest BCUT2D eigenvalue weighted by Crippen LogP contribution is -2.59. The van der Waals surface area contributed by atoms with Gasteiger partial charge in [-0.2, -0.15) is 4.98 Å². The van der Waals surface area contributed by atoms with Gasteiger partial charge in [0.25, 0.3) is 21.6 Å². The van der Waals surface area contributed by atoms with E-state index in [1.807, 2.05) is 37.4 Å². The number of nitrogens with one attached hydrogen (secondary N) is 3. The number of carbonyl (C=O) groups excluding carboxylic acids is 1. The lowest BCUT2D eigenvalue weighted by atomic mass is 9.59. The Morgan fingerprint density at radius 1 is 0.914 bits per heavy atom. The number of H-pyrrole nitrogens is 1. The number of pyridine rings is 1. The SMILES string of the molecule is Cc1ccc(O[C@@]2(C)CCN(C3CC4(CCN(c5ccc(C(=O)NS(=O)(=O)c6ccc(NCC7CCC(C)(O)CC7)c([N+](=O)[O-])c6)c(N6c7cc8cc[nH]c8nc7O[C@H]7COCC[C@@H]76)c5)CC4)C3)[C@H](c3ccccc3C(C)C)C2)cc1. The molecule has 6 aromatic rings. The Balaban J connectivity index is 0.805. The average Bonchev–Trinajstić information content (AvgIpc) is 4.05. The van der Waals surface area contributed by atoms with Gasteiger partial charge in [-0.3, -0.25) is 19.8 Å². The monoisotopic (exact) mass is 1120 g/mol. The van der Waals surface area contributed by atoms with E-state index in [-0.39, 0.29) is 40.3 Å². The van der Waals surface area contributed by atoms with Crippen LogP contribution in [0, 0.1) is 28.4 Å². The van der Waals surface area contributed by atoms with Crippen LogP contribution >= 0.6 is 0 Å². The zero-order valence-corrected chi connectivity index (χ0v) is 48.0. The molecule has 5 fully saturated rings. The van der Waals surface area contributed by atoms with Crippen LogP contribution in [0.2, 0.25) is 0 Å². The van der Waals surface area contributed by atoms with Crippen LogP contribution in [-0.2, 0) is 14.8 Å². The summed E-state index contributed by atoms with van der Waals surface area (Å²) in [5, 5.41) is 26.9. The third-order valence-electron chi connectivity index (χ3n) is 18.8. The number of benzene rings is 4. The molecule has 3 saturated heterocycles. The first kappa shape index (κ1) is 54.8. The predicted molar refractivity (Wildman–Crippen MR) is 313 cm³/mol. The zero-order valence-electron chi connectivity index (χ0n) is 47.2. The summed E-state index contributed by atoms with van der Waals surface area (Å²) in [6.07, 6.45) is 10.8. The van der Waals surface area contributed by atoms with Crippen LogP contribution in [0.4, 0.5) is 28.4 Å². The summed E-state index contributed by atoms with van der Waals surface area (Å²) >= 11 is 0. The summed E-state index contributed by atoms with van der Waals surface area (Å²) < 4.78 is 50.2. The van der Waals surface area contributed by atoms with Crippen molar-refractivity contribution in [3.8, 4) is 11.6 Å². The third kappa shape index (κ3) is 11.1. The number of likely N-dealkylation sites (tertiary alicyclic amines) is 1. The van der Waals surface area contributed by atoms with Crippen molar-refractivity contribution in [2.75, 3.05) is 54.5 Å². The van der Waals surface area contributed by atoms with Gasteiger partial charge in [-0.15, -0.1) is 0 Å². The molecule has 81 heavy (non-hydrogen) atoms. The van der Waals surface area contributed by atoms with E-state index in [1.165, 1.54) is 28.8 Å². The molecule has 0 radical (unpaired) electrons. The van der Waals surface area contributed by atoms with Crippen LogP contribution in [-0.4, -0.2) is 108 Å². The number of piperidine rings is 2. The van der Waals surface area contributed by atoms with Crippen molar-refractivity contribution in [3.05, 3.63) is 136 Å². The summed E-state index contributed by atoms with van der Waals surface area (Å²) in [5.74, 6) is 0.984. The minimum absolute atomic E-state index is 0.111. The molecule has 6 aliphatic rings. The van der Waals surface area contributed by atoms with E-state index in [1.54, 1.807) is 6.07 Å². The van der Waals surface area contributed by atoms with E-state index in [2.05, 4.69) is 106 Å². The lowest BCUT2D eigenvalue weighted by molar-refractivity contribution is -0.384. The molecule has 18 heteroatoms. The minimum atomic E-state index is -4.64. The number of amides is 1. The molecule has 0 unspecified atom stereocenters. The lowest BCUT2D eigenvalue weighted by Gasteiger charge is -2.59. The maximum absolute atomic E-state index is 14.8. The van der Waals surface area contributed by atoms with Gasteiger partial charge in [-0.1, -0.05) is 55.8 Å². The van der Waals surface area contributed by atoms with Gasteiger partial charge in [0.05, 0.1) is 39.3 Å². The van der Waals surface area contributed by atoms with Gasteiger partial charge < -0.3 is 39.4 Å². The highest BCUT2D eigenvalue weighted by molar-refractivity contribution is 7.90. The second-order valence-corrected chi connectivity index (χ2v) is 26.7. The molecule has 1 spiro atoms. The molecule has 2 aromatic heterocycles. The first-order chi connectivity index (χ1) is 38.8. The molecule has 4 N–H and O–H groups in total. The summed E-state index contributed by atoms with van der Waals surface area (Å²) in [4.78, 5) is 41.6. The number of sulfonamides is 1. The van der Waals surface area contributed by atoms with E-state index in [0.29, 0.717) is 73.9 Å². The number of anilines is 4. The number of nitro benzene ring substituents is 1. The van der Waals surface area contributed by atoms with Crippen molar-refractivity contribution < 1.29 is 37.5 Å². The number of aliphatic hydroxyl groups is 1. The van der Waals surface area contributed by atoms with Gasteiger partial charge in [0.15, 0.2) is 0 Å². The summed E-state index contributed by atoms with van der Waals surface area (Å²) in [5.41, 5.74) is 5.74. The number of hydrogen-bond acceptors (Lipinski definition) is 14. The number of aromatic amines is 1. The molecule has 4 atom stereocenters. The molecular weight excluding hydrogens is 1040 g/mol. The standard InChI is InChI=1S/C63H76N8O9S/c1-40(2)48-8-6-7-9-49(48)56-37-62(5,80-46-13-10-41(3)11-14-46)24-30-69(56)45-35-63(36-45)25-28-68(29-26-63)44-12-16-50(53(33-44)70-52-21-31-78-39-57(52)79-60-55(70)32-43-20-27-64-58(43)66-60)59(72)67-81(76,77)47-15-17-51(54(34-47)71(74)75)65-38-42-18-22-61(4,73)23-19-42/h6-17,20,27,32-34,40,42,45,52,56-57,65,73H,18-19,21-26,28-31,35-39H2,1-5H3,(H,64,66)(H,67,72)/t42?,52-,56-,57-,61?,62-/m0/s1. The van der Waals surface area contributed by atoms with Crippen LogP contribution in [0.1, 0.15) is 137 Å². The molecule has 428 valence electrons. The molecule has 6 heterocycles. The topological polar surface area (TPSA) is 205 Å². The second kappa shape index (κ2) is 21.5. The highest BCUT2D eigenvalue weighted by atomic mass is 32.2. The molecule has 2 aliphatic carbocycles. The molecule has 1 amide bonds. The van der Waals surface area contributed by atoms with E-state index >= 15 is 0 Å². The van der Waals surface area contributed by atoms with Crippen molar-refractivity contribution in [2.24, 2.45) is 11.3 Å². The number of nitro groups is 1. The van der Waals surface area contributed by atoms with Crippen molar-refractivity contribution in [3.63, 3.8) is 0 Å². The number of rotatable bonds is 14. The number of fused-ring (bicyclic) bond motifs is 3. The van der Waals surface area contributed by atoms with Crippen molar-refractivity contribution in [1.82, 2.24) is 19.6 Å². The fraction of sp³-hybridized carbons (Fsp3) is 0.492. The predicted octanol–water partition coefficient (Wildman–Crippen LogP) is 11.5. The maximum Gasteiger partial charge on any atom is 0.293 e. The number of aromatic nitrogens is 2. The van der Waals surface area contributed by atoms with Crippen LogP contribution in [0.5, 0.6) is 11.6 Å².